The topological polar surface area (TPSA) is 94.9 Å². The third-order valence-corrected chi connectivity index (χ3v) is 6.24. The second kappa shape index (κ2) is 7.14. The van der Waals surface area contributed by atoms with Gasteiger partial charge in [-0.3, -0.25) is 0 Å². The fourth-order valence-corrected chi connectivity index (χ4v) is 4.15. The molecule has 0 saturated heterocycles. The monoisotopic (exact) mass is 409 g/mol. The summed E-state index contributed by atoms with van der Waals surface area (Å²) in [5.41, 5.74) is 1.99. The van der Waals surface area contributed by atoms with Crippen molar-refractivity contribution in [2.24, 2.45) is 10.2 Å². The average Bonchev–Trinajstić information content (AvgIpc) is 3.01. The normalized spacial score (nSPS) is 12.1. The molecule has 0 aliphatic heterocycles. The third kappa shape index (κ3) is 3.62. The van der Waals surface area contributed by atoms with Crippen LogP contribution >= 0.6 is 0 Å². The number of hydrogen-bond donors (Lipinski definition) is 2. The molecule has 4 aromatic rings. The molecule has 1 heterocycles. The summed E-state index contributed by atoms with van der Waals surface area (Å²) in [4.78, 5) is 3.05. The summed E-state index contributed by atoms with van der Waals surface area (Å²) in [7, 11) is -3.63. The number of azo groups is 1. The third-order valence-electron chi connectivity index (χ3n) is 4.46. The van der Waals surface area contributed by atoms with Gasteiger partial charge in [0.1, 0.15) is 5.82 Å². The van der Waals surface area contributed by atoms with E-state index in [1.54, 1.807) is 24.3 Å². The molecule has 2 N–H and O–H groups in total. The van der Waals surface area contributed by atoms with Crippen molar-refractivity contribution in [2.75, 3.05) is 0 Å². The van der Waals surface area contributed by atoms with Crippen molar-refractivity contribution in [1.82, 2.24) is 4.98 Å². The number of halogens is 1. The highest BCUT2D eigenvalue weighted by Crippen LogP contribution is 2.36. The molecule has 4 rings (SSSR count). The standard InChI is InChI=1S/C21H16FN3O3S/c1-13-2-7-16(8-3-13)29(27,28)17-9-5-15(6-10-17)24-25-20-18-12-14(22)4-11-19(18)23-21(20)26/h2-12,23,26H,1H3. The molecule has 29 heavy (non-hydrogen) atoms. The number of aromatic amines is 1. The first-order chi connectivity index (χ1) is 13.8. The molecule has 0 aliphatic carbocycles. The zero-order valence-corrected chi connectivity index (χ0v) is 16.1. The van der Waals surface area contributed by atoms with Crippen molar-refractivity contribution in [1.29, 1.82) is 0 Å². The smallest absolute Gasteiger partial charge is 0.218 e. The maximum Gasteiger partial charge on any atom is 0.218 e. The Morgan fingerprint density at radius 1 is 0.897 bits per heavy atom. The van der Waals surface area contributed by atoms with Gasteiger partial charge in [0.2, 0.25) is 15.7 Å². The van der Waals surface area contributed by atoms with E-state index in [1.165, 1.54) is 42.5 Å². The fourth-order valence-electron chi connectivity index (χ4n) is 2.89. The Labute approximate surface area is 166 Å². The number of benzene rings is 3. The molecule has 0 amide bonds. The van der Waals surface area contributed by atoms with Crippen LogP contribution in [0.3, 0.4) is 0 Å². The largest absolute Gasteiger partial charge is 0.493 e. The Morgan fingerprint density at radius 3 is 2.17 bits per heavy atom. The van der Waals surface area contributed by atoms with E-state index >= 15 is 0 Å². The summed E-state index contributed by atoms with van der Waals surface area (Å²) < 4.78 is 38.9. The predicted octanol–water partition coefficient (Wildman–Crippen LogP) is 5.57. The minimum Gasteiger partial charge on any atom is -0.493 e. The maximum atomic E-state index is 13.5. The van der Waals surface area contributed by atoms with Gasteiger partial charge in [0.25, 0.3) is 0 Å². The first kappa shape index (κ1) is 18.8. The van der Waals surface area contributed by atoms with E-state index in [9.17, 15) is 17.9 Å². The number of aryl methyl sites for hydroxylation is 1. The van der Waals surface area contributed by atoms with Crippen LogP contribution in [0.4, 0.5) is 15.8 Å². The van der Waals surface area contributed by atoms with Gasteiger partial charge in [0, 0.05) is 5.39 Å². The Kier molecular flexibility index (Phi) is 4.63. The van der Waals surface area contributed by atoms with Crippen LogP contribution in [0.5, 0.6) is 5.88 Å². The highest BCUT2D eigenvalue weighted by atomic mass is 32.2. The van der Waals surface area contributed by atoms with Gasteiger partial charge in [-0.1, -0.05) is 17.7 Å². The molecular weight excluding hydrogens is 393 g/mol. The summed E-state index contributed by atoms with van der Waals surface area (Å²) >= 11 is 0. The molecule has 1 aromatic heterocycles. The van der Waals surface area contributed by atoms with Crippen LogP contribution in [0.2, 0.25) is 0 Å². The van der Waals surface area contributed by atoms with Gasteiger partial charge in [-0.05, 0) is 61.5 Å². The zero-order valence-electron chi connectivity index (χ0n) is 15.3. The molecule has 146 valence electrons. The van der Waals surface area contributed by atoms with Crippen molar-refractivity contribution in [3.63, 3.8) is 0 Å². The van der Waals surface area contributed by atoms with Crippen molar-refractivity contribution in [2.45, 2.75) is 16.7 Å². The van der Waals surface area contributed by atoms with Crippen LogP contribution in [0.25, 0.3) is 10.9 Å². The number of hydrogen-bond acceptors (Lipinski definition) is 5. The van der Waals surface area contributed by atoms with Crippen molar-refractivity contribution in [3.05, 3.63) is 78.1 Å². The Hall–Kier alpha value is -3.52. The van der Waals surface area contributed by atoms with E-state index in [-0.39, 0.29) is 21.4 Å². The van der Waals surface area contributed by atoms with Crippen LogP contribution < -0.4 is 0 Å². The van der Waals surface area contributed by atoms with E-state index in [0.29, 0.717) is 16.6 Å². The number of H-pyrrole nitrogens is 1. The highest BCUT2D eigenvalue weighted by molar-refractivity contribution is 7.91. The summed E-state index contributed by atoms with van der Waals surface area (Å²) in [5, 5.41) is 18.4. The van der Waals surface area contributed by atoms with Crippen molar-refractivity contribution >= 4 is 32.1 Å². The first-order valence-electron chi connectivity index (χ1n) is 8.68. The van der Waals surface area contributed by atoms with Gasteiger partial charge in [-0.2, -0.15) is 5.11 Å². The van der Waals surface area contributed by atoms with Crippen LogP contribution in [0.15, 0.2) is 86.7 Å². The number of aromatic nitrogens is 1. The Morgan fingerprint density at radius 2 is 1.52 bits per heavy atom. The molecule has 0 radical (unpaired) electrons. The number of sulfone groups is 1. The van der Waals surface area contributed by atoms with Crippen LogP contribution in [-0.4, -0.2) is 18.5 Å². The van der Waals surface area contributed by atoms with Gasteiger partial charge < -0.3 is 10.1 Å². The molecule has 0 fully saturated rings. The molecule has 0 bridgehead atoms. The number of aromatic hydroxyl groups is 1. The lowest BCUT2D eigenvalue weighted by Crippen LogP contribution is -2.01. The van der Waals surface area contributed by atoms with E-state index < -0.39 is 15.7 Å². The number of nitrogens with zero attached hydrogens (tertiary/aromatic N) is 2. The Balaban J connectivity index is 1.63. The van der Waals surface area contributed by atoms with E-state index in [1.807, 2.05) is 6.92 Å². The molecule has 8 heteroatoms. The molecule has 0 atom stereocenters. The number of fused-ring (bicyclic) bond motifs is 1. The van der Waals surface area contributed by atoms with Crippen LogP contribution in [0, 0.1) is 12.7 Å². The maximum absolute atomic E-state index is 13.5. The van der Waals surface area contributed by atoms with Gasteiger partial charge in [-0.15, -0.1) is 5.11 Å². The minimum absolute atomic E-state index is 0.107. The lowest BCUT2D eigenvalue weighted by Gasteiger charge is -2.05. The Bertz CT molecular complexity index is 1330. The molecule has 3 aromatic carbocycles. The molecule has 0 saturated carbocycles. The van der Waals surface area contributed by atoms with Crippen LogP contribution in [-0.2, 0) is 9.84 Å². The quantitative estimate of drug-likeness (QED) is 0.431. The van der Waals surface area contributed by atoms with Crippen molar-refractivity contribution in [3.8, 4) is 5.88 Å². The van der Waals surface area contributed by atoms with E-state index in [4.69, 9.17) is 0 Å². The second-order valence-electron chi connectivity index (χ2n) is 6.52. The highest BCUT2D eigenvalue weighted by Gasteiger charge is 2.17. The molecular formula is C21H16FN3O3S. The van der Waals surface area contributed by atoms with Gasteiger partial charge >= 0.3 is 0 Å². The molecule has 6 nitrogen and oxygen atoms in total. The summed E-state index contributed by atoms with van der Waals surface area (Å²) in [6.07, 6.45) is 0. The molecule has 0 unspecified atom stereocenters. The second-order valence-corrected chi connectivity index (χ2v) is 8.47. The summed E-state index contributed by atoms with van der Waals surface area (Å²) in [5.74, 6) is -0.688. The van der Waals surface area contributed by atoms with E-state index in [2.05, 4.69) is 15.2 Å². The lowest BCUT2D eigenvalue weighted by atomic mass is 10.2. The lowest BCUT2D eigenvalue weighted by molar-refractivity contribution is 0.459. The SMILES string of the molecule is Cc1ccc(S(=O)(=O)c2ccc(N=Nc3c(O)[nH]c4ccc(F)cc34)cc2)cc1. The predicted molar refractivity (Wildman–Crippen MR) is 107 cm³/mol. The first-order valence-corrected chi connectivity index (χ1v) is 10.2. The minimum atomic E-state index is -3.63. The zero-order chi connectivity index (χ0) is 20.6. The molecule has 0 spiro atoms. The average molecular weight is 409 g/mol. The number of rotatable bonds is 4. The summed E-state index contributed by atoms with van der Waals surface area (Å²) in [6, 6.07) is 16.5. The van der Waals surface area contributed by atoms with E-state index in [0.717, 1.165) is 5.56 Å². The summed E-state index contributed by atoms with van der Waals surface area (Å²) in [6.45, 7) is 1.89. The fraction of sp³-hybridized carbons (Fsp3) is 0.0476. The van der Waals surface area contributed by atoms with Crippen molar-refractivity contribution < 1.29 is 17.9 Å². The molecule has 0 aliphatic rings. The number of nitrogens with one attached hydrogen (secondary N) is 1. The van der Waals surface area contributed by atoms with Gasteiger partial charge in [0.05, 0.1) is 21.0 Å². The van der Waals surface area contributed by atoms with Gasteiger partial charge in [-0.25, -0.2) is 12.8 Å². The van der Waals surface area contributed by atoms with Crippen LogP contribution in [0.1, 0.15) is 5.56 Å². The van der Waals surface area contributed by atoms with Gasteiger partial charge in [0.15, 0.2) is 5.69 Å².